The number of hydrogen-bond donors (Lipinski definition) is 2. The van der Waals surface area contributed by atoms with Gasteiger partial charge in [0.25, 0.3) is 0 Å². The van der Waals surface area contributed by atoms with Gasteiger partial charge in [0, 0.05) is 57.9 Å². The smallest absolute Gasteiger partial charge is 0.362 e. The van der Waals surface area contributed by atoms with Crippen molar-refractivity contribution in [3.63, 3.8) is 0 Å². The molecule has 3 rings (SSSR count). The quantitative estimate of drug-likeness (QED) is 0.524. The Kier molecular flexibility index (Phi) is 8.07. The zero-order chi connectivity index (χ0) is 22.6. The summed E-state index contributed by atoms with van der Waals surface area (Å²) in [6.45, 7) is 11.2. The molecule has 0 aliphatic carbocycles. The molecule has 4 atom stereocenters. The summed E-state index contributed by atoms with van der Waals surface area (Å²) < 4.78 is 0.538. The van der Waals surface area contributed by atoms with E-state index in [0.29, 0.717) is 23.9 Å². The predicted octanol–water partition coefficient (Wildman–Crippen LogP) is 0.399. The lowest BCUT2D eigenvalue weighted by Gasteiger charge is -2.59. The van der Waals surface area contributed by atoms with E-state index in [9.17, 15) is 24.6 Å². The van der Waals surface area contributed by atoms with Crippen molar-refractivity contribution in [1.29, 1.82) is 0 Å². The SMILES string of the molecule is CC(C)C(=O)CCC(C(=O)O)[N@+]12CCCN3CCN(CC(=O)O)CCCN(CC1)CC32. The van der Waals surface area contributed by atoms with Crippen molar-refractivity contribution in [1.82, 2.24) is 14.7 Å². The third-order valence-electron chi connectivity index (χ3n) is 7.51. The number of nitrogens with zero attached hydrogens (tertiary/aromatic N) is 4. The number of ketones is 1. The van der Waals surface area contributed by atoms with Gasteiger partial charge in [-0.05, 0) is 13.0 Å². The molecule has 2 N–H and O–H groups in total. The first-order chi connectivity index (χ1) is 14.7. The third-order valence-corrected chi connectivity index (χ3v) is 7.51. The molecular weight excluding hydrogens is 400 g/mol. The molecule has 3 fully saturated rings. The maximum atomic E-state index is 12.5. The van der Waals surface area contributed by atoms with Crippen molar-refractivity contribution >= 4 is 17.7 Å². The molecule has 3 aliphatic rings. The Labute approximate surface area is 185 Å². The molecule has 2 bridgehead atoms. The van der Waals surface area contributed by atoms with Gasteiger partial charge in [-0.25, -0.2) is 4.79 Å². The first-order valence-corrected chi connectivity index (χ1v) is 11.8. The molecule has 0 radical (unpaired) electrons. The third kappa shape index (κ3) is 5.63. The first-order valence-electron chi connectivity index (χ1n) is 11.8. The summed E-state index contributed by atoms with van der Waals surface area (Å²) in [5.74, 6) is -1.54. The van der Waals surface area contributed by atoms with Crippen LogP contribution < -0.4 is 0 Å². The van der Waals surface area contributed by atoms with Gasteiger partial charge in [-0.2, -0.15) is 0 Å². The molecule has 9 heteroatoms. The summed E-state index contributed by atoms with van der Waals surface area (Å²) in [6, 6.07) is -0.573. The number of piperazine rings is 1. The Morgan fingerprint density at radius 1 is 0.968 bits per heavy atom. The van der Waals surface area contributed by atoms with E-state index in [1.165, 1.54) is 0 Å². The van der Waals surface area contributed by atoms with Crippen molar-refractivity contribution in [2.45, 2.75) is 51.7 Å². The van der Waals surface area contributed by atoms with E-state index in [4.69, 9.17) is 0 Å². The van der Waals surface area contributed by atoms with E-state index in [1.54, 1.807) is 0 Å². The van der Waals surface area contributed by atoms with Crippen LogP contribution in [-0.4, -0.2) is 125 Å². The molecule has 9 nitrogen and oxygen atoms in total. The summed E-state index contributed by atoms with van der Waals surface area (Å²) >= 11 is 0. The van der Waals surface area contributed by atoms with Gasteiger partial charge in [0.05, 0.1) is 26.2 Å². The maximum Gasteiger partial charge on any atom is 0.362 e. The number of quaternary nitrogens is 1. The Bertz CT molecular complexity index is 672. The standard InChI is InChI=1S/C22H38N4O5/c1-17(2)19(27)6-5-18(22(30)31)26-13-4-9-25-11-10-23(16-21(28)29)7-3-8-24(12-14-26)15-20(25)26/h17-18,20H,3-16H2,1-2H3,(H-,28,29,30,31)/p+1/t18?,20?,26-/m0/s1. The number of Topliss-reactive ketones (excluding diaryl/α,β-unsaturated/α-hetero) is 1. The van der Waals surface area contributed by atoms with Crippen molar-refractivity contribution in [3.8, 4) is 0 Å². The molecule has 31 heavy (non-hydrogen) atoms. The summed E-state index contributed by atoms with van der Waals surface area (Å²) in [4.78, 5) is 42.8. The second kappa shape index (κ2) is 10.4. The van der Waals surface area contributed by atoms with Crippen molar-refractivity contribution in [2.75, 3.05) is 65.4 Å². The molecule has 0 aromatic heterocycles. The maximum absolute atomic E-state index is 12.5. The highest BCUT2D eigenvalue weighted by Crippen LogP contribution is 2.34. The summed E-state index contributed by atoms with van der Waals surface area (Å²) in [6.07, 6.45) is 2.64. The highest BCUT2D eigenvalue weighted by molar-refractivity contribution is 5.81. The van der Waals surface area contributed by atoms with Gasteiger partial charge in [-0.3, -0.25) is 28.8 Å². The summed E-state index contributed by atoms with van der Waals surface area (Å²) in [5, 5.41) is 19.5. The lowest BCUT2D eigenvalue weighted by molar-refractivity contribution is -0.985. The van der Waals surface area contributed by atoms with Crippen LogP contribution in [0.5, 0.6) is 0 Å². The van der Waals surface area contributed by atoms with Gasteiger partial charge in [-0.15, -0.1) is 0 Å². The zero-order valence-electron chi connectivity index (χ0n) is 19.0. The van der Waals surface area contributed by atoms with Crippen LogP contribution in [0.1, 0.15) is 39.5 Å². The van der Waals surface area contributed by atoms with Gasteiger partial charge in [0.2, 0.25) is 0 Å². The lowest BCUT2D eigenvalue weighted by Crippen LogP contribution is -2.78. The van der Waals surface area contributed by atoms with Gasteiger partial charge >= 0.3 is 11.9 Å². The highest BCUT2D eigenvalue weighted by atomic mass is 16.4. The number of fused-ring (bicyclic) bond motifs is 1. The molecule has 3 saturated heterocycles. The number of carboxylic acids is 2. The molecule has 0 aromatic carbocycles. The number of aliphatic carboxylic acids is 2. The zero-order valence-corrected chi connectivity index (χ0v) is 19.0. The van der Waals surface area contributed by atoms with Crippen molar-refractivity contribution in [2.24, 2.45) is 5.92 Å². The molecule has 0 amide bonds. The van der Waals surface area contributed by atoms with Crippen LogP contribution in [0.25, 0.3) is 0 Å². The van der Waals surface area contributed by atoms with Crippen LogP contribution in [0.15, 0.2) is 0 Å². The Morgan fingerprint density at radius 3 is 2.42 bits per heavy atom. The van der Waals surface area contributed by atoms with Gasteiger partial charge in [-0.1, -0.05) is 13.8 Å². The monoisotopic (exact) mass is 439 g/mol. The molecule has 0 spiro atoms. The molecule has 3 unspecified atom stereocenters. The fraction of sp³-hybridized carbons (Fsp3) is 0.864. The van der Waals surface area contributed by atoms with Crippen molar-refractivity contribution in [3.05, 3.63) is 0 Å². The Balaban J connectivity index is 1.83. The highest BCUT2D eigenvalue weighted by Gasteiger charge is 2.54. The van der Waals surface area contributed by atoms with E-state index in [-0.39, 0.29) is 24.4 Å². The van der Waals surface area contributed by atoms with Crippen molar-refractivity contribution < 1.29 is 29.1 Å². The van der Waals surface area contributed by atoms with E-state index in [1.807, 2.05) is 18.7 Å². The number of hydrogen-bond acceptors (Lipinski definition) is 6. The first kappa shape index (κ1) is 24.1. The second-order valence-electron chi connectivity index (χ2n) is 9.76. The minimum Gasteiger partial charge on any atom is -0.480 e. The van der Waals surface area contributed by atoms with Gasteiger partial charge in [0.1, 0.15) is 5.78 Å². The van der Waals surface area contributed by atoms with Crippen LogP contribution in [0.2, 0.25) is 0 Å². The van der Waals surface area contributed by atoms with Crippen LogP contribution >= 0.6 is 0 Å². The predicted molar refractivity (Wildman–Crippen MR) is 116 cm³/mol. The fourth-order valence-electron chi connectivity index (χ4n) is 5.78. The molecule has 3 heterocycles. The number of carboxylic acid groups (broad SMARTS) is 2. The average molecular weight is 440 g/mol. The van der Waals surface area contributed by atoms with Crippen LogP contribution in [0.4, 0.5) is 0 Å². The average Bonchev–Trinajstić information content (AvgIpc) is 2.71. The summed E-state index contributed by atoms with van der Waals surface area (Å²) in [7, 11) is 0. The normalized spacial score (nSPS) is 31.2. The minimum atomic E-state index is -0.804. The molecule has 0 saturated carbocycles. The van der Waals surface area contributed by atoms with E-state index in [2.05, 4.69) is 9.80 Å². The van der Waals surface area contributed by atoms with Crippen LogP contribution in [0, 0.1) is 5.92 Å². The summed E-state index contributed by atoms with van der Waals surface area (Å²) in [5.41, 5.74) is 0. The second-order valence-corrected chi connectivity index (χ2v) is 9.76. The topological polar surface area (TPSA) is 101 Å². The molecule has 3 aliphatic heterocycles. The minimum absolute atomic E-state index is 0.0492. The van der Waals surface area contributed by atoms with E-state index in [0.717, 1.165) is 65.2 Å². The fourth-order valence-corrected chi connectivity index (χ4v) is 5.78. The van der Waals surface area contributed by atoms with E-state index >= 15 is 0 Å². The number of carbonyl (C=O) groups excluding carboxylic acids is 1. The van der Waals surface area contributed by atoms with E-state index < -0.39 is 18.0 Å². The lowest BCUT2D eigenvalue weighted by atomic mass is 9.95. The number of carbonyl (C=O) groups is 3. The van der Waals surface area contributed by atoms with Crippen LogP contribution in [-0.2, 0) is 14.4 Å². The van der Waals surface area contributed by atoms with Gasteiger partial charge < -0.3 is 10.2 Å². The Hall–Kier alpha value is -1.55. The van der Waals surface area contributed by atoms with Crippen LogP contribution in [0.3, 0.4) is 0 Å². The molecule has 0 aromatic rings. The van der Waals surface area contributed by atoms with Gasteiger partial charge in [0.15, 0.2) is 12.2 Å². The largest absolute Gasteiger partial charge is 0.480 e. The molecule has 176 valence electrons. The number of rotatable bonds is 8. The Morgan fingerprint density at radius 2 is 1.74 bits per heavy atom. The molecular formula is C22H39N4O5+.